The highest BCUT2D eigenvalue weighted by Gasteiger charge is 2.35. The van der Waals surface area contributed by atoms with Crippen LogP contribution in [0.5, 0.6) is 0 Å². The number of hydrogen-bond acceptors (Lipinski definition) is 4. The zero-order valence-corrected chi connectivity index (χ0v) is 11.1. The molecule has 0 saturated carbocycles. The zero-order valence-electron chi connectivity index (χ0n) is 9.60. The number of carbonyl (C=O) groups excluding carboxylic acids is 1. The van der Waals surface area contributed by atoms with Crippen LogP contribution in [0.15, 0.2) is 12.3 Å². The standard InChI is InChI=1S/C11H10Cl2N2O4/c12-7-2-14-9(13)1-5(7)10(16)15-8-4-19-3-6(8)11(17)18/h1-2,6,8H,3-4H2,(H,15,16)(H,17,18). The molecule has 0 spiro atoms. The number of hydrogen-bond donors (Lipinski definition) is 2. The van der Waals surface area contributed by atoms with Gasteiger partial charge in [-0.2, -0.15) is 0 Å². The summed E-state index contributed by atoms with van der Waals surface area (Å²) in [6.45, 7) is 0.226. The lowest BCUT2D eigenvalue weighted by Crippen LogP contribution is -2.42. The smallest absolute Gasteiger partial charge is 0.311 e. The highest BCUT2D eigenvalue weighted by Crippen LogP contribution is 2.20. The van der Waals surface area contributed by atoms with Gasteiger partial charge >= 0.3 is 5.97 Å². The first-order valence-electron chi connectivity index (χ1n) is 5.41. The SMILES string of the molecule is O=C(NC1COCC1C(=O)O)c1cc(Cl)ncc1Cl. The van der Waals surface area contributed by atoms with Crippen LogP contribution in [-0.4, -0.2) is 41.2 Å². The molecule has 2 rings (SSSR count). The van der Waals surface area contributed by atoms with Gasteiger partial charge in [-0.3, -0.25) is 9.59 Å². The van der Waals surface area contributed by atoms with Gasteiger partial charge in [0.15, 0.2) is 0 Å². The second-order valence-corrected chi connectivity index (χ2v) is 4.84. The van der Waals surface area contributed by atoms with Crippen molar-refractivity contribution in [1.29, 1.82) is 0 Å². The minimum atomic E-state index is -1.01. The van der Waals surface area contributed by atoms with Crippen molar-refractivity contribution in [3.8, 4) is 0 Å². The van der Waals surface area contributed by atoms with Gasteiger partial charge in [-0.15, -0.1) is 0 Å². The molecule has 0 aromatic carbocycles. The van der Waals surface area contributed by atoms with Crippen LogP contribution in [0.3, 0.4) is 0 Å². The number of nitrogens with zero attached hydrogens (tertiary/aromatic N) is 1. The number of ether oxygens (including phenoxy) is 1. The Morgan fingerprint density at radius 1 is 1.42 bits per heavy atom. The van der Waals surface area contributed by atoms with Gasteiger partial charge in [-0.1, -0.05) is 23.2 Å². The summed E-state index contributed by atoms with van der Waals surface area (Å²) < 4.78 is 5.05. The number of halogens is 2. The van der Waals surface area contributed by atoms with Crippen molar-refractivity contribution < 1.29 is 19.4 Å². The summed E-state index contributed by atoms with van der Waals surface area (Å²) >= 11 is 11.5. The van der Waals surface area contributed by atoms with Crippen LogP contribution in [0.4, 0.5) is 0 Å². The van der Waals surface area contributed by atoms with Gasteiger partial charge in [-0.05, 0) is 6.07 Å². The maximum Gasteiger partial charge on any atom is 0.311 e. The molecule has 1 aliphatic rings. The number of aliphatic carboxylic acids is 1. The monoisotopic (exact) mass is 304 g/mol. The maximum atomic E-state index is 12.0. The van der Waals surface area contributed by atoms with E-state index in [-0.39, 0.29) is 29.0 Å². The quantitative estimate of drug-likeness (QED) is 0.820. The minimum absolute atomic E-state index is 0.0745. The zero-order chi connectivity index (χ0) is 14.0. The maximum absolute atomic E-state index is 12.0. The van der Waals surface area contributed by atoms with Gasteiger partial charge in [0, 0.05) is 6.20 Å². The fraction of sp³-hybridized carbons (Fsp3) is 0.364. The summed E-state index contributed by atoms with van der Waals surface area (Å²) in [6, 6.07) is 0.734. The summed E-state index contributed by atoms with van der Waals surface area (Å²) in [5.74, 6) is -2.28. The summed E-state index contributed by atoms with van der Waals surface area (Å²) in [5.41, 5.74) is 0.151. The second-order valence-electron chi connectivity index (χ2n) is 4.05. The highest BCUT2D eigenvalue weighted by atomic mass is 35.5. The number of rotatable bonds is 3. The van der Waals surface area contributed by atoms with Gasteiger partial charge in [0.05, 0.1) is 29.8 Å². The molecule has 1 amide bonds. The second kappa shape index (κ2) is 5.73. The van der Waals surface area contributed by atoms with Crippen LogP contribution >= 0.6 is 23.2 Å². The molecule has 2 unspecified atom stereocenters. The molecule has 2 atom stereocenters. The topological polar surface area (TPSA) is 88.5 Å². The molecule has 19 heavy (non-hydrogen) atoms. The van der Waals surface area contributed by atoms with E-state index in [9.17, 15) is 9.59 Å². The average Bonchev–Trinajstić information content (AvgIpc) is 2.80. The van der Waals surface area contributed by atoms with Crippen molar-refractivity contribution in [2.75, 3.05) is 13.2 Å². The molecule has 2 heterocycles. The normalized spacial score (nSPS) is 22.2. The Balaban J connectivity index is 2.12. The first-order valence-corrected chi connectivity index (χ1v) is 6.17. The number of nitrogens with one attached hydrogen (secondary N) is 1. The van der Waals surface area contributed by atoms with E-state index in [1.807, 2.05) is 0 Å². The van der Waals surface area contributed by atoms with Crippen molar-refractivity contribution in [2.45, 2.75) is 6.04 Å². The van der Waals surface area contributed by atoms with Crippen LogP contribution in [0.25, 0.3) is 0 Å². The molecule has 1 fully saturated rings. The van der Waals surface area contributed by atoms with Gasteiger partial charge in [-0.25, -0.2) is 4.98 Å². The molecule has 0 bridgehead atoms. The van der Waals surface area contributed by atoms with Crippen molar-refractivity contribution >= 4 is 35.1 Å². The third-order valence-corrected chi connectivity index (χ3v) is 3.29. The van der Waals surface area contributed by atoms with E-state index >= 15 is 0 Å². The minimum Gasteiger partial charge on any atom is -0.481 e. The Hall–Kier alpha value is -1.37. The molecule has 6 nitrogen and oxygen atoms in total. The molecular formula is C11H10Cl2N2O4. The van der Waals surface area contributed by atoms with Gasteiger partial charge < -0.3 is 15.2 Å². The Bertz CT molecular complexity index is 523. The number of carbonyl (C=O) groups is 2. The van der Waals surface area contributed by atoms with Crippen LogP contribution in [0.1, 0.15) is 10.4 Å². The van der Waals surface area contributed by atoms with Crippen molar-refractivity contribution in [3.05, 3.63) is 28.0 Å². The Morgan fingerprint density at radius 3 is 2.84 bits per heavy atom. The highest BCUT2D eigenvalue weighted by molar-refractivity contribution is 6.35. The molecule has 1 aromatic heterocycles. The predicted molar refractivity (Wildman–Crippen MR) is 67.5 cm³/mol. The van der Waals surface area contributed by atoms with Crippen molar-refractivity contribution in [3.63, 3.8) is 0 Å². The molecule has 1 aromatic rings. The molecule has 1 aliphatic heterocycles. The number of aromatic nitrogens is 1. The molecule has 2 N–H and O–H groups in total. The lowest BCUT2D eigenvalue weighted by atomic mass is 10.0. The summed E-state index contributed by atoms with van der Waals surface area (Å²) in [4.78, 5) is 26.7. The summed E-state index contributed by atoms with van der Waals surface area (Å²) in [5, 5.41) is 11.8. The third-order valence-electron chi connectivity index (χ3n) is 2.78. The Kier molecular flexibility index (Phi) is 4.24. The first kappa shape index (κ1) is 14.0. The van der Waals surface area contributed by atoms with Gasteiger partial charge in [0.25, 0.3) is 5.91 Å². The number of amides is 1. The fourth-order valence-corrected chi connectivity index (χ4v) is 2.12. The van der Waals surface area contributed by atoms with Crippen molar-refractivity contribution in [1.82, 2.24) is 10.3 Å². The first-order chi connectivity index (χ1) is 8.99. The summed E-state index contributed by atoms with van der Waals surface area (Å²) in [7, 11) is 0. The lowest BCUT2D eigenvalue weighted by Gasteiger charge is -2.16. The van der Waals surface area contributed by atoms with Crippen LogP contribution in [-0.2, 0) is 9.53 Å². The molecule has 102 valence electrons. The largest absolute Gasteiger partial charge is 0.481 e. The van der Waals surface area contributed by atoms with Crippen molar-refractivity contribution in [2.24, 2.45) is 5.92 Å². The molecule has 8 heteroatoms. The van der Waals surface area contributed by atoms with E-state index in [2.05, 4.69) is 10.3 Å². The Morgan fingerprint density at radius 2 is 2.16 bits per heavy atom. The number of carboxylic acid groups (broad SMARTS) is 1. The van der Waals surface area contributed by atoms with Crippen LogP contribution < -0.4 is 5.32 Å². The van der Waals surface area contributed by atoms with E-state index < -0.39 is 23.8 Å². The van der Waals surface area contributed by atoms with E-state index in [4.69, 9.17) is 33.0 Å². The van der Waals surface area contributed by atoms with E-state index in [0.29, 0.717) is 0 Å². The fourth-order valence-electron chi connectivity index (χ4n) is 1.77. The van der Waals surface area contributed by atoms with E-state index in [1.54, 1.807) is 0 Å². The van der Waals surface area contributed by atoms with Gasteiger partial charge in [0.1, 0.15) is 11.1 Å². The average molecular weight is 305 g/mol. The molecular weight excluding hydrogens is 295 g/mol. The molecule has 0 aliphatic carbocycles. The van der Waals surface area contributed by atoms with E-state index in [0.717, 1.165) is 0 Å². The Labute approximate surface area is 118 Å². The molecule has 1 saturated heterocycles. The van der Waals surface area contributed by atoms with Gasteiger partial charge in [0.2, 0.25) is 0 Å². The summed E-state index contributed by atoms with van der Waals surface area (Å²) in [6.07, 6.45) is 1.26. The third kappa shape index (κ3) is 3.15. The number of pyridine rings is 1. The van der Waals surface area contributed by atoms with E-state index in [1.165, 1.54) is 12.3 Å². The van der Waals surface area contributed by atoms with Crippen LogP contribution in [0.2, 0.25) is 10.2 Å². The molecule has 0 radical (unpaired) electrons. The predicted octanol–water partition coefficient (Wildman–Crippen LogP) is 1.22. The number of carboxylic acids is 1. The lowest BCUT2D eigenvalue weighted by molar-refractivity contribution is -0.142. The van der Waals surface area contributed by atoms with Crippen LogP contribution in [0, 0.1) is 5.92 Å².